The monoisotopic (exact) mass is 477 g/mol. The Bertz CT molecular complexity index is 810. The summed E-state index contributed by atoms with van der Waals surface area (Å²) in [5.41, 5.74) is -1.58. The van der Waals surface area contributed by atoms with E-state index in [4.69, 9.17) is 16.3 Å². The van der Waals surface area contributed by atoms with Crippen LogP contribution in [0.2, 0.25) is 0 Å². The molecular formula is C16H11BrClF6NO2. The Morgan fingerprint density at radius 3 is 2.19 bits per heavy atom. The first-order valence-corrected chi connectivity index (χ1v) is 8.56. The molecule has 0 radical (unpaired) electrons. The number of alkyl halides is 4. The van der Waals surface area contributed by atoms with E-state index < -0.39 is 41.0 Å². The second-order valence-corrected chi connectivity index (χ2v) is 6.48. The lowest BCUT2D eigenvalue weighted by Crippen LogP contribution is -2.21. The molecule has 11 heteroatoms. The van der Waals surface area contributed by atoms with E-state index in [9.17, 15) is 31.4 Å². The highest BCUT2D eigenvalue weighted by atomic mass is 79.9. The first kappa shape index (κ1) is 21.6. The van der Waals surface area contributed by atoms with Crippen LogP contribution in [0.15, 0.2) is 28.7 Å². The molecule has 0 bridgehead atoms. The third-order valence-electron chi connectivity index (χ3n) is 3.27. The van der Waals surface area contributed by atoms with E-state index in [1.54, 1.807) is 0 Å². The third-order valence-corrected chi connectivity index (χ3v) is 4.24. The number of nitrogens with one attached hydrogen (secondary N) is 1. The maximum absolute atomic E-state index is 14.1. The zero-order valence-electron chi connectivity index (χ0n) is 13.2. The number of ether oxygens (including phenoxy) is 1. The standard InChI is InChI=1S/C16H11BrClF6NO2/c17-9-3-13(25-6-8(26)5-18)10(19)4-14(9)27-15-11(20)1-7(2-12(15)21)16(22,23)24/h1-4,8,25-26H,5-6H2. The molecule has 0 aromatic heterocycles. The number of anilines is 1. The molecule has 0 saturated carbocycles. The minimum atomic E-state index is -4.94. The molecule has 2 aromatic rings. The lowest BCUT2D eigenvalue weighted by molar-refractivity contribution is -0.138. The molecular weight excluding hydrogens is 468 g/mol. The quantitative estimate of drug-likeness (QED) is 0.414. The van der Waals surface area contributed by atoms with Gasteiger partial charge in [0.05, 0.1) is 27.7 Å². The number of hydrogen-bond donors (Lipinski definition) is 2. The maximum atomic E-state index is 14.1. The molecule has 0 spiro atoms. The largest absolute Gasteiger partial charge is 0.450 e. The predicted octanol–water partition coefficient (Wildman–Crippen LogP) is 5.69. The van der Waals surface area contributed by atoms with Crippen molar-refractivity contribution >= 4 is 33.2 Å². The van der Waals surface area contributed by atoms with Crippen LogP contribution >= 0.6 is 27.5 Å². The van der Waals surface area contributed by atoms with E-state index >= 15 is 0 Å². The molecule has 3 nitrogen and oxygen atoms in total. The molecule has 0 saturated heterocycles. The van der Waals surface area contributed by atoms with Crippen LogP contribution in [0.1, 0.15) is 5.56 Å². The fraction of sp³-hybridized carbons (Fsp3) is 0.250. The Morgan fingerprint density at radius 1 is 1.07 bits per heavy atom. The zero-order chi connectivity index (χ0) is 20.4. The number of benzene rings is 2. The van der Waals surface area contributed by atoms with E-state index in [0.717, 1.165) is 6.07 Å². The SMILES string of the molecule is OC(CCl)CNc1cc(Br)c(Oc2c(F)cc(C(F)(F)F)cc2F)cc1F. The van der Waals surface area contributed by atoms with Gasteiger partial charge in [0.2, 0.25) is 0 Å². The minimum absolute atomic E-state index is 0.0603. The molecule has 1 unspecified atom stereocenters. The predicted molar refractivity (Wildman–Crippen MR) is 90.8 cm³/mol. The normalized spacial score (nSPS) is 12.8. The number of halogens is 8. The Balaban J connectivity index is 2.29. The van der Waals surface area contributed by atoms with Crippen LogP contribution in [0.3, 0.4) is 0 Å². The molecule has 1 atom stereocenters. The second kappa shape index (κ2) is 8.57. The topological polar surface area (TPSA) is 41.5 Å². The summed E-state index contributed by atoms with van der Waals surface area (Å²) in [4.78, 5) is 0. The summed E-state index contributed by atoms with van der Waals surface area (Å²) in [5.74, 6) is -5.63. The number of hydrogen-bond acceptors (Lipinski definition) is 3. The fourth-order valence-electron chi connectivity index (χ4n) is 1.96. The first-order chi connectivity index (χ1) is 12.5. The van der Waals surface area contributed by atoms with Gasteiger partial charge in [0, 0.05) is 12.6 Å². The number of aliphatic hydroxyl groups is 1. The molecule has 27 heavy (non-hydrogen) atoms. The van der Waals surface area contributed by atoms with Gasteiger partial charge in [-0.25, -0.2) is 13.2 Å². The molecule has 0 heterocycles. The van der Waals surface area contributed by atoms with Crippen LogP contribution in [0.4, 0.5) is 32.0 Å². The summed E-state index contributed by atoms with van der Waals surface area (Å²) in [6, 6.07) is 2.10. The summed E-state index contributed by atoms with van der Waals surface area (Å²) in [6.45, 7) is -0.0603. The van der Waals surface area contributed by atoms with Gasteiger partial charge in [-0.2, -0.15) is 13.2 Å². The summed E-state index contributed by atoms with van der Waals surface area (Å²) in [7, 11) is 0. The van der Waals surface area contributed by atoms with Crippen LogP contribution in [-0.2, 0) is 6.18 Å². The van der Waals surface area contributed by atoms with Crippen LogP contribution < -0.4 is 10.1 Å². The lowest BCUT2D eigenvalue weighted by atomic mass is 10.2. The van der Waals surface area contributed by atoms with Gasteiger partial charge in [0.15, 0.2) is 17.4 Å². The Kier molecular flexibility index (Phi) is 6.87. The van der Waals surface area contributed by atoms with Crippen molar-refractivity contribution in [2.24, 2.45) is 0 Å². The van der Waals surface area contributed by atoms with Crippen LogP contribution in [0.5, 0.6) is 11.5 Å². The minimum Gasteiger partial charge on any atom is -0.450 e. The molecule has 2 aromatic carbocycles. The number of aliphatic hydroxyl groups excluding tert-OH is 1. The summed E-state index contributed by atoms with van der Waals surface area (Å²) >= 11 is 8.43. The molecule has 0 aliphatic heterocycles. The lowest BCUT2D eigenvalue weighted by Gasteiger charge is -2.15. The highest BCUT2D eigenvalue weighted by Gasteiger charge is 2.33. The van der Waals surface area contributed by atoms with E-state index in [1.165, 1.54) is 6.07 Å². The van der Waals surface area contributed by atoms with Crippen molar-refractivity contribution in [2.75, 3.05) is 17.7 Å². The maximum Gasteiger partial charge on any atom is 0.416 e. The van der Waals surface area contributed by atoms with Crippen molar-refractivity contribution in [2.45, 2.75) is 12.3 Å². The van der Waals surface area contributed by atoms with Crippen molar-refractivity contribution in [3.8, 4) is 11.5 Å². The molecule has 2 N–H and O–H groups in total. The van der Waals surface area contributed by atoms with E-state index in [2.05, 4.69) is 21.2 Å². The number of rotatable bonds is 6. The van der Waals surface area contributed by atoms with Gasteiger partial charge in [0.25, 0.3) is 0 Å². The highest BCUT2D eigenvalue weighted by molar-refractivity contribution is 9.10. The Labute approximate surface area is 163 Å². The van der Waals surface area contributed by atoms with E-state index in [1.807, 2.05) is 0 Å². The van der Waals surface area contributed by atoms with Gasteiger partial charge < -0.3 is 15.2 Å². The molecule has 0 fully saturated rings. The smallest absolute Gasteiger partial charge is 0.416 e. The van der Waals surface area contributed by atoms with Crippen molar-refractivity contribution in [1.82, 2.24) is 0 Å². The third kappa shape index (κ3) is 5.43. The van der Waals surface area contributed by atoms with Gasteiger partial charge in [-0.3, -0.25) is 0 Å². The van der Waals surface area contributed by atoms with Crippen LogP contribution in [-0.4, -0.2) is 23.6 Å². The Hall–Kier alpha value is -1.65. The summed E-state index contributed by atoms with van der Waals surface area (Å²) < 4.78 is 84.5. The van der Waals surface area contributed by atoms with Gasteiger partial charge in [-0.05, 0) is 34.1 Å². The summed E-state index contributed by atoms with van der Waals surface area (Å²) in [6.07, 6.45) is -5.87. The van der Waals surface area contributed by atoms with Crippen molar-refractivity contribution < 1.29 is 36.2 Å². The van der Waals surface area contributed by atoms with Crippen LogP contribution in [0, 0.1) is 17.5 Å². The zero-order valence-corrected chi connectivity index (χ0v) is 15.5. The average molecular weight is 479 g/mol. The van der Waals surface area contributed by atoms with E-state index in [-0.39, 0.29) is 40.5 Å². The molecule has 2 rings (SSSR count). The second-order valence-electron chi connectivity index (χ2n) is 5.32. The average Bonchev–Trinajstić information content (AvgIpc) is 2.57. The van der Waals surface area contributed by atoms with Gasteiger partial charge >= 0.3 is 6.18 Å². The molecule has 0 aliphatic rings. The highest BCUT2D eigenvalue weighted by Crippen LogP contribution is 2.38. The Morgan fingerprint density at radius 2 is 1.67 bits per heavy atom. The van der Waals surface area contributed by atoms with E-state index in [0.29, 0.717) is 0 Å². The van der Waals surface area contributed by atoms with Crippen LogP contribution in [0.25, 0.3) is 0 Å². The molecule has 0 aliphatic carbocycles. The molecule has 148 valence electrons. The fourth-order valence-corrected chi connectivity index (χ4v) is 2.49. The van der Waals surface area contributed by atoms with Crippen molar-refractivity contribution in [3.05, 3.63) is 51.8 Å². The van der Waals surface area contributed by atoms with Crippen molar-refractivity contribution in [3.63, 3.8) is 0 Å². The first-order valence-electron chi connectivity index (χ1n) is 7.24. The van der Waals surface area contributed by atoms with Gasteiger partial charge in [0.1, 0.15) is 11.6 Å². The van der Waals surface area contributed by atoms with Crippen molar-refractivity contribution in [1.29, 1.82) is 0 Å². The van der Waals surface area contributed by atoms with Gasteiger partial charge in [-0.15, -0.1) is 11.6 Å². The van der Waals surface area contributed by atoms with Gasteiger partial charge in [-0.1, -0.05) is 0 Å². The summed E-state index contributed by atoms with van der Waals surface area (Å²) in [5, 5.41) is 11.9. The molecule has 0 amide bonds.